The van der Waals surface area contributed by atoms with Gasteiger partial charge in [-0.1, -0.05) is 5.18 Å². The van der Waals surface area contributed by atoms with Gasteiger partial charge in [0.2, 0.25) is 0 Å². The van der Waals surface area contributed by atoms with Crippen LogP contribution in [0.3, 0.4) is 0 Å². The zero-order valence-electron chi connectivity index (χ0n) is 9.30. The fraction of sp³-hybridized carbons (Fsp3) is 1.00. The van der Waals surface area contributed by atoms with E-state index in [0.29, 0.717) is 23.7 Å². The van der Waals surface area contributed by atoms with Crippen molar-refractivity contribution in [3.05, 3.63) is 4.91 Å². The van der Waals surface area contributed by atoms with Crippen molar-refractivity contribution in [2.45, 2.75) is 37.5 Å². The molecule has 5 aliphatic rings. The molecule has 0 radical (unpaired) electrons. The van der Waals surface area contributed by atoms with Crippen LogP contribution in [0.25, 0.3) is 0 Å². The molecule has 0 unspecified atom stereocenters. The van der Waals surface area contributed by atoms with Crippen molar-refractivity contribution in [2.24, 2.45) is 28.8 Å². The molecule has 5 fully saturated rings. The molecule has 0 N–H and O–H groups in total. The second-order valence-corrected chi connectivity index (χ2v) is 5.87. The van der Waals surface area contributed by atoms with E-state index in [1.807, 2.05) is 0 Å². The zero-order valence-corrected chi connectivity index (χ0v) is 9.30. The molecular formula is C12H17NO3. The lowest BCUT2D eigenvalue weighted by atomic mass is 9.51. The molecular weight excluding hydrogens is 206 g/mol. The minimum absolute atomic E-state index is 0.0891. The maximum atomic E-state index is 10.9. The second-order valence-electron chi connectivity index (χ2n) is 5.87. The summed E-state index contributed by atoms with van der Waals surface area (Å²) in [7, 11) is 0. The van der Waals surface area contributed by atoms with Crippen molar-refractivity contribution in [3.63, 3.8) is 0 Å². The highest BCUT2D eigenvalue weighted by atomic mass is 16.7. The highest BCUT2D eigenvalue weighted by molar-refractivity contribution is 5.09. The average molecular weight is 223 g/mol. The Balaban J connectivity index is 1.69. The van der Waals surface area contributed by atoms with Gasteiger partial charge in [-0.05, 0) is 37.5 Å². The van der Waals surface area contributed by atoms with E-state index in [9.17, 15) is 4.91 Å². The molecule has 5 rings (SSSR count). The topological polar surface area (TPSA) is 47.9 Å². The van der Waals surface area contributed by atoms with Crippen molar-refractivity contribution >= 4 is 0 Å². The highest BCUT2D eigenvalue weighted by Crippen LogP contribution is 2.61. The summed E-state index contributed by atoms with van der Waals surface area (Å²) in [4.78, 5) is 10.9. The van der Waals surface area contributed by atoms with E-state index in [2.05, 4.69) is 5.18 Å². The summed E-state index contributed by atoms with van der Waals surface area (Å²) in [6, 6.07) is 0.0891. The summed E-state index contributed by atoms with van der Waals surface area (Å²) in [5, 5.41) is 3.37. The summed E-state index contributed by atoms with van der Waals surface area (Å²) >= 11 is 0. The first-order chi connectivity index (χ1) is 7.83. The predicted octanol–water partition coefficient (Wildman–Crippen LogP) is 1.93. The summed E-state index contributed by atoms with van der Waals surface area (Å²) in [5.74, 6) is 1.81. The largest absolute Gasteiger partial charge is 0.347 e. The molecule has 4 heteroatoms. The van der Waals surface area contributed by atoms with Crippen molar-refractivity contribution in [3.8, 4) is 0 Å². The van der Waals surface area contributed by atoms with Crippen LogP contribution in [0.15, 0.2) is 5.18 Å². The van der Waals surface area contributed by atoms with Crippen LogP contribution in [-0.2, 0) is 9.47 Å². The number of nitrogens with zero attached hydrogens (tertiary/aromatic N) is 1. The van der Waals surface area contributed by atoms with Crippen LogP contribution in [-0.4, -0.2) is 25.0 Å². The van der Waals surface area contributed by atoms with Crippen LogP contribution in [0.2, 0.25) is 0 Å². The Morgan fingerprint density at radius 2 is 1.44 bits per heavy atom. The maximum absolute atomic E-state index is 10.9. The zero-order chi connectivity index (χ0) is 10.8. The lowest BCUT2D eigenvalue weighted by molar-refractivity contribution is -0.290. The Morgan fingerprint density at radius 3 is 1.88 bits per heavy atom. The fourth-order valence-electron chi connectivity index (χ4n) is 4.87. The van der Waals surface area contributed by atoms with Gasteiger partial charge in [-0.15, -0.1) is 0 Å². The number of ether oxygens (including phenoxy) is 2. The van der Waals surface area contributed by atoms with Crippen molar-refractivity contribution in [1.82, 2.24) is 0 Å². The minimum atomic E-state index is -0.263. The molecule has 1 spiro atoms. The van der Waals surface area contributed by atoms with Crippen molar-refractivity contribution in [1.29, 1.82) is 0 Å². The van der Waals surface area contributed by atoms with Crippen molar-refractivity contribution in [2.75, 3.05) is 13.2 Å². The monoisotopic (exact) mass is 223 g/mol. The van der Waals surface area contributed by atoms with E-state index in [4.69, 9.17) is 9.47 Å². The first kappa shape index (κ1) is 9.54. The molecule has 0 aromatic carbocycles. The van der Waals surface area contributed by atoms with Crippen LogP contribution in [0.5, 0.6) is 0 Å². The number of nitroso groups, excluding NO2 is 1. The minimum Gasteiger partial charge on any atom is -0.347 e. The Kier molecular flexibility index (Phi) is 1.82. The molecule has 16 heavy (non-hydrogen) atoms. The SMILES string of the molecule is O=NC1C2CC3CC1CC(C2)C31OCCO1. The first-order valence-electron chi connectivity index (χ1n) is 6.44. The predicted molar refractivity (Wildman–Crippen MR) is 56.6 cm³/mol. The molecule has 0 atom stereocenters. The van der Waals surface area contributed by atoms with E-state index in [1.165, 1.54) is 0 Å². The summed E-state index contributed by atoms with van der Waals surface area (Å²) < 4.78 is 11.9. The normalized spacial score (nSPS) is 52.4. The maximum Gasteiger partial charge on any atom is 0.174 e. The van der Waals surface area contributed by atoms with E-state index >= 15 is 0 Å². The molecule has 0 aromatic heterocycles. The molecule has 0 aromatic rings. The third-order valence-corrected chi connectivity index (χ3v) is 5.31. The van der Waals surface area contributed by atoms with Gasteiger partial charge in [0.25, 0.3) is 0 Å². The lowest BCUT2D eigenvalue weighted by Crippen LogP contribution is -2.61. The van der Waals surface area contributed by atoms with Gasteiger partial charge >= 0.3 is 0 Å². The molecule has 4 nitrogen and oxygen atoms in total. The Bertz CT molecular complexity index is 292. The highest BCUT2D eigenvalue weighted by Gasteiger charge is 2.63. The Hall–Kier alpha value is -0.480. The van der Waals surface area contributed by atoms with Gasteiger partial charge in [0, 0.05) is 11.8 Å². The average Bonchev–Trinajstić information content (AvgIpc) is 2.74. The first-order valence-corrected chi connectivity index (χ1v) is 6.44. The van der Waals surface area contributed by atoms with Gasteiger partial charge in [0.15, 0.2) is 5.79 Å². The summed E-state index contributed by atoms with van der Waals surface area (Å²) in [6.07, 6.45) is 4.35. The van der Waals surface area contributed by atoms with E-state index in [0.717, 1.165) is 38.9 Å². The van der Waals surface area contributed by atoms with Crippen molar-refractivity contribution < 1.29 is 9.47 Å². The molecule has 1 aliphatic heterocycles. The van der Waals surface area contributed by atoms with Gasteiger partial charge < -0.3 is 9.47 Å². The molecule has 0 amide bonds. The van der Waals surface area contributed by atoms with Crippen LogP contribution in [0, 0.1) is 28.6 Å². The van der Waals surface area contributed by atoms with Gasteiger partial charge in [-0.25, -0.2) is 0 Å². The van der Waals surface area contributed by atoms with Crippen LogP contribution < -0.4 is 0 Å². The van der Waals surface area contributed by atoms with Crippen LogP contribution in [0.1, 0.15) is 25.7 Å². The Labute approximate surface area is 94.7 Å². The van der Waals surface area contributed by atoms with E-state index in [-0.39, 0.29) is 11.8 Å². The smallest absolute Gasteiger partial charge is 0.174 e. The molecule has 1 heterocycles. The molecule has 4 aliphatic carbocycles. The summed E-state index contributed by atoms with van der Waals surface area (Å²) in [6.45, 7) is 1.50. The fourth-order valence-corrected chi connectivity index (χ4v) is 4.87. The van der Waals surface area contributed by atoms with Crippen LogP contribution in [0.4, 0.5) is 0 Å². The molecule has 4 saturated carbocycles. The molecule has 1 saturated heterocycles. The lowest BCUT2D eigenvalue weighted by Gasteiger charge is -2.59. The third kappa shape index (κ3) is 0.979. The van der Waals surface area contributed by atoms with Gasteiger partial charge in [0.1, 0.15) is 0 Å². The summed E-state index contributed by atoms with van der Waals surface area (Å²) in [5.41, 5.74) is 0. The quantitative estimate of drug-likeness (QED) is 0.638. The molecule has 88 valence electrons. The van der Waals surface area contributed by atoms with Gasteiger partial charge in [-0.3, -0.25) is 0 Å². The van der Waals surface area contributed by atoms with Crippen LogP contribution >= 0.6 is 0 Å². The second kappa shape index (κ2) is 3.05. The Morgan fingerprint density at radius 1 is 0.938 bits per heavy atom. The van der Waals surface area contributed by atoms with Gasteiger partial charge in [-0.2, -0.15) is 4.91 Å². The number of hydrogen-bond donors (Lipinski definition) is 0. The number of hydrogen-bond acceptors (Lipinski definition) is 4. The van der Waals surface area contributed by atoms with E-state index in [1.54, 1.807) is 0 Å². The number of rotatable bonds is 1. The standard InChI is InChI=1S/C12H17NO3/c14-13-11-7-3-9-5-8(11)6-10(4-7)12(9)15-1-2-16-12/h7-11H,1-6H2. The molecule has 4 bridgehead atoms. The van der Waals surface area contributed by atoms with E-state index < -0.39 is 0 Å². The third-order valence-electron chi connectivity index (χ3n) is 5.31. The van der Waals surface area contributed by atoms with Gasteiger partial charge in [0.05, 0.1) is 19.3 Å².